The second kappa shape index (κ2) is 12.2. The van der Waals surface area contributed by atoms with Crippen LogP contribution >= 0.6 is 0 Å². The number of esters is 1. The monoisotopic (exact) mass is 537 g/mol. The normalized spacial score (nSPS) is 16.7. The van der Waals surface area contributed by atoms with Crippen molar-refractivity contribution in [1.29, 1.82) is 0 Å². The molecule has 0 radical (unpaired) electrons. The third-order valence-electron chi connectivity index (χ3n) is 6.26. The third-order valence-corrected chi connectivity index (χ3v) is 6.26. The van der Waals surface area contributed by atoms with Crippen LogP contribution in [0, 0.1) is 0 Å². The molecule has 2 fully saturated rings. The van der Waals surface area contributed by atoms with Gasteiger partial charge in [-0.05, 0) is 57.4 Å². The predicted octanol–water partition coefficient (Wildman–Crippen LogP) is 5.27. The van der Waals surface area contributed by atoms with E-state index in [2.05, 4.69) is 10.00 Å². The van der Waals surface area contributed by atoms with E-state index >= 15 is 0 Å². The number of halogens is 3. The van der Waals surface area contributed by atoms with Crippen molar-refractivity contribution in [3.05, 3.63) is 47.3 Å². The number of hydrogen-bond donors (Lipinski definition) is 0. The molecule has 11 heteroatoms. The number of carbonyl (C=O) groups is 2. The largest absolute Gasteiger partial charge is 0.455 e. The molecule has 38 heavy (non-hydrogen) atoms. The molecular formula is C27H38F3N5O3. The van der Waals surface area contributed by atoms with E-state index in [1.54, 1.807) is 37.8 Å². The highest BCUT2D eigenvalue weighted by Gasteiger charge is 2.35. The molecule has 4 rings (SSSR count). The Balaban J connectivity index is 0.00000195. The lowest BCUT2D eigenvalue weighted by atomic mass is 10.1. The minimum Gasteiger partial charge on any atom is -0.455 e. The molecule has 1 amide bonds. The smallest absolute Gasteiger partial charge is 0.418 e. The van der Waals surface area contributed by atoms with Gasteiger partial charge >= 0.3 is 18.2 Å². The number of aromatic nitrogens is 2. The summed E-state index contributed by atoms with van der Waals surface area (Å²) < 4.78 is 47.1. The zero-order valence-corrected chi connectivity index (χ0v) is 22.8. The fourth-order valence-electron chi connectivity index (χ4n) is 4.51. The lowest BCUT2D eigenvalue weighted by Crippen LogP contribution is -2.49. The molecule has 8 nitrogen and oxygen atoms in total. The highest BCUT2D eigenvalue weighted by molar-refractivity contribution is 5.88. The van der Waals surface area contributed by atoms with Crippen molar-refractivity contribution in [3.8, 4) is 0 Å². The topological polar surface area (TPSA) is 70.9 Å². The van der Waals surface area contributed by atoms with Crippen molar-refractivity contribution >= 4 is 17.7 Å². The Hall–Kier alpha value is -3.08. The van der Waals surface area contributed by atoms with Crippen LogP contribution in [0.2, 0.25) is 0 Å². The highest BCUT2D eigenvalue weighted by Crippen LogP contribution is 2.38. The Morgan fingerprint density at radius 1 is 0.947 bits per heavy atom. The van der Waals surface area contributed by atoms with Crippen LogP contribution in [0.1, 0.15) is 69.1 Å². The Morgan fingerprint density at radius 2 is 1.58 bits per heavy atom. The average molecular weight is 538 g/mol. The van der Waals surface area contributed by atoms with Gasteiger partial charge in [-0.25, -0.2) is 9.59 Å². The summed E-state index contributed by atoms with van der Waals surface area (Å²) >= 11 is 0. The maximum absolute atomic E-state index is 13.6. The minimum atomic E-state index is -4.39. The molecule has 1 aromatic carbocycles. The van der Waals surface area contributed by atoms with Crippen LogP contribution in [0.25, 0.3) is 0 Å². The molecule has 210 valence electrons. The van der Waals surface area contributed by atoms with E-state index in [1.165, 1.54) is 18.3 Å². The van der Waals surface area contributed by atoms with Gasteiger partial charge in [-0.3, -0.25) is 4.90 Å². The Kier molecular flexibility index (Phi) is 9.45. The summed E-state index contributed by atoms with van der Waals surface area (Å²) in [4.78, 5) is 30.6. The first-order valence-electron chi connectivity index (χ1n) is 13.2. The molecule has 2 aliphatic rings. The fourth-order valence-corrected chi connectivity index (χ4v) is 4.51. The quantitative estimate of drug-likeness (QED) is 0.495. The van der Waals surface area contributed by atoms with Gasteiger partial charge in [0, 0.05) is 57.7 Å². The lowest BCUT2D eigenvalue weighted by molar-refractivity contribution is -0.137. The second-order valence-corrected chi connectivity index (χ2v) is 10.2. The van der Waals surface area contributed by atoms with Gasteiger partial charge in [0.25, 0.3) is 0 Å². The first kappa shape index (κ1) is 29.5. The summed E-state index contributed by atoms with van der Waals surface area (Å²) in [5.41, 5.74) is -0.116. The molecule has 2 saturated heterocycles. The van der Waals surface area contributed by atoms with Crippen molar-refractivity contribution in [2.45, 2.75) is 65.8 Å². The maximum Gasteiger partial charge on any atom is 0.418 e. The van der Waals surface area contributed by atoms with Crippen LogP contribution in [0.15, 0.2) is 30.5 Å². The number of piperazine rings is 1. The van der Waals surface area contributed by atoms with Gasteiger partial charge in [0.1, 0.15) is 5.60 Å². The van der Waals surface area contributed by atoms with Gasteiger partial charge in [-0.2, -0.15) is 23.0 Å². The molecule has 2 aliphatic heterocycles. The van der Waals surface area contributed by atoms with E-state index < -0.39 is 23.3 Å². The van der Waals surface area contributed by atoms with Crippen LogP contribution in [0.4, 0.5) is 23.7 Å². The first-order chi connectivity index (χ1) is 17.9. The van der Waals surface area contributed by atoms with E-state index in [0.717, 1.165) is 23.1 Å². The van der Waals surface area contributed by atoms with Crippen molar-refractivity contribution in [2.75, 3.05) is 44.2 Å². The summed E-state index contributed by atoms with van der Waals surface area (Å²) in [6, 6.07) is 5.50. The number of nitrogens with zero attached hydrogens (tertiary/aromatic N) is 5. The summed E-state index contributed by atoms with van der Waals surface area (Å²) in [5, 5.41) is 4.07. The number of alkyl halides is 3. The number of anilines is 1. The number of benzene rings is 1. The maximum atomic E-state index is 13.6. The summed E-state index contributed by atoms with van der Waals surface area (Å²) in [6.45, 7) is 13.1. The van der Waals surface area contributed by atoms with E-state index in [-0.39, 0.29) is 17.4 Å². The van der Waals surface area contributed by atoms with Crippen molar-refractivity contribution in [3.63, 3.8) is 0 Å². The number of hydrogen-bond acceptors (Lipinski definition) is 6. The molecule has 0 saturated carbocycles. The van der Waals surface area contributed by atoms with Gasteiger partial charge in [0.05, 0.1) is 5.56 Å². The Bertz CT molecular complexity index is 1100. The molecule has 0 N–H and O–H groups in total. The molecule has 0 unspecified atom stereocenters. The summed E-state index contributed by atoms with van der Waals surface area (Å²) in [7, 11) is 0. The van der Waals surface area contributed by atoms with Crippen molar-refractivity contribution in [2.24, 2.45) is 0 Å². The Morgan fingerprint density at radius 3 is 2.16 bits per heavy atom. The molecule has 0 atom stereocenters. The summed E-state index contributed by atoms with van der Waals surface area (Å²) in [5.74, 6) is -0.594. The molecule has 0 aliphatic carbocycles. The van der Waals surface area contributed by atoms with Gasteiger partial charge in [-0.1, -0.05) is 19.9 Å². The predicted molar refractivity (Wildman–Crippen MR) is 139 cm³/mol. The molecular weight excluding hydrogens is 499 g/mol. The molecule has 1 aromatic heterocycles. The highest BCUT2D eigenvalue weighted by atomic mass is 19.4. The van der Waals surface area contributed by atoms with Crippen LogP contribution in [-0.4, -0.2) is 76.5 Å². The summed E-state index contributed by atoms with van der Waals surface area (Å²) in [6.07, 6.45) is -1.16. The lowest BCUT2D eigenvalue weighted by Gasteiger charge is -2.34. The first-order valence-corrected chi connectivity index (χ1v) is 13.2. The average Bonchev–Trinajstić information content (AvgIpc) is 3.56. The number of carbonyl (C=O) groups excluding carboxylic acids is 2. The van der Waals surface area contributed by atoms with Gasteiger partial charge < -0.3 is 14.5 Å². The molecule has 2 aromatic rings. The standard InChI is InChI=1S/C25H32F3N5O3.C2H6/c1-24(2,3)36-22(34)20-8-11-33(29-20)23(35)32-14-12-30(13-15-32)17-18-6-7-19(25(26,27)28)21(16-18)31-9-4-5-10-31;1-2/h6-8,11,16H,4-5,9-10,12-15,17H2,1-3H3;1-2H3. The number of ether oxygens (including phenoxy) is 1. The zero-order chi connectivity index (χ0) is 28.1. The SMILES string of the molecule is CC.CC(C)(C)OC(=O)c1ccn(C(=O)N2CCN(Cc3ccc(C(F)(F)F)c(N4CCCC4)c3)CC2)n1. The fraction of sp³-hybridized carbons (Fsp3) is 0.593. The van der Waals surface area contributed by atoms with Gasteiger partial charge in [0.2, 0.25) is 0 Å². The van der Waals surface area contributed by atoms with Gasteiger partial charge in [0.15, 0.2) is 5.69 Å². The van der Waals surface area contributed by atoms with Crippen LogP contribution in [0.5, 0.6) is 0 Å². The van der Waals surface area contributed by atoms with E-state index in [9.17, 15) is 22.8 Å². The second-order valence-electron chi connectivity index (χ2n) is 10.2. The minimum absolute atomic E-state index is 0.0630. The number of amides is 1. The van der Waals surface area contributed by atoms with Crippen LogP contribution < -0.4 is 4.90 Å². The van der Waals surface area contributed by atoms with Crippen molar-refractivity contribution < 1.29 is 27.5 Å². The van der Waals surface area contributed by atoms with E-state index in [0.29, 0.717) is 45.8 Å². The van der Waals surface area contributed by atoms with E-state index in [4.69, 9.17) is 4.74 Å². The van der Waals surface area contributed by atoms with Crippen molar-refractivity contribution in [1.82, 2.24) is 19.6 Å². The van der Waals surface area contributed by atoms with E-state index in [1.807, 2.05) is 18.7 Å². The van der Waals surface area contributed by atoms with Crippen LogP contribution in [-0.2, 0) is 17.5 Å². The van der Waals surface area contributed by atoms with Crippen LogP contribution in [0.3, 0.4) is 0 Å². The molecule has 0 spiro atoms. The van der Waals surface area contributed by atoms with Gasteiger partial charge in [-0.15, -0.1) is 0 Å². The third kappa shape index (κ3) is 7.49. The zero-order valence-electron chi connectivity index (χ0n) is 22.8. The molecule has 0 bridgehead atoms. The Labute approximate surface area is 222 Å². The molecule has 3 heterocycles. The number of rotatable bonds is 4.